The Kier molecular flexibility index (Phi) is 1.59. The van der Waals surface area contributed by atoms with E-state index in [9.17, 15) is 4.79 Å². The molecule has 0 atom stereocenters. The average Bonchev–Trinajstić information content (AvgIpc) is 2.44. The van der Waals surface area contributed by atoms with Crippen LogP contribution in [0.5, 0.6) is 0 Å². The molecule has 0 aromatic heterocycles. The van der Waals surface area contributed by atoms with Crippen molar-refractivity contribution in [2.45, 2.75) is 0 Å². The summed E-state index contributed by atoms with van der Waals surface area (Å²) in [5.41, 5.74) is 1.39. The minimum Gasteiger partial charge on any atom is -0.291 e. The van der Waals surface area contributed by atoms with Gasteiger partial charge in [0.05, 0.1) is 12.8 Å². The third-order valence-corrected chi connectivity index (χ3v) is 1.75. The van der Waals surface area contributed by atoms with Gasteiger partial charge >= 0.3 is 0 Å². The zero-order chi connectivity index (χ0) is 8.55. The van der Waals surface area contributed by atoms with Gasteiger partial charge in [-0.3, -0.25) is 9.63 Å². The lowest BCUT2D eigenvalue weighted by atomic mass is 10.1. The minimum absolute atomic E-state index is 0.132. The predicted molar refractivity (Wildman–Crippen MR) is 43.5 cm³/mol. The molecule has 0 bridgehead atoms. The molecule has 1 aromatic rings. The van der Waals surface area contributed by atoms with E-state index in [1.807, 2.05) is 18.2 Å². The predicted octanol–water partition coefficient (Wildman–Crippen LogP) is 1.29. The molecular formula is C9H7NO2. The van der Waals surface area contributed by atoms with Crippen molar-refractivity contribution in [2.24, 2.45) is 0 Å². The minimum atomic E-state index is -0.132. The van der Waals surface area contributed by atoms with Crippen molar-refractivity contribution in [3.05, 3.63) is 36.4 Å². The van der Waals surface area contributed by atoms with Gasteiger partial charge in [0.15, 0.2) is 5.78 Å². The normalized spacial score (nSPS) is 15.1. The van der Waals surface area contributed by atoms with Gasteiger partial charge in [0.25, 0.3) is 0 Å². The maximum Gasteiger partial charge on any atom is 0.202 e. The van der Waals surface area contributed by atoms with Gasteiger partial charge in [-0.25, -0.2) is 5.06 Å². The number of hydrogen-bond acceptors (Lipinski definition) is 3. The van der Waals surface area contributed by atoms with Crippen LogP contribution in [0.25, 0.3) is 0 Å². The number of carbonyl (C=O) groups excluding carboxylic acids is 1. The average molecular weight is 161 g/mol. The molecule has 0 unspecified atom stereocenters. The molecule has 0 fully saturated rings. The highest BCUT2D eigenvalue weighted by Gasteiger charge is 2.27. The van der Waals surface area contributed by atoms with Gasteiger partial charge in [0.1, 0.15) is 0 Å². The number of benzene rings is 1. The molecule has 0 N–H and O–H groups in total. The Morgan fingerprint density at radius 3 is 2.92 bits per heavy atom. The van der Waals surface area contributed by atoms with Crippen molar-refractivity contribution in [3.63, 3.8) is 0 Å². The summed E-state index contributed by atoms with van der Waals surface area (Å²) in [6.45, 7) is 2.54. The Balaban J connectivity index is 2.50. The SMILES string of the molecule is CON1[C]C(=O)c2ccccc21. The first-order chi connectivity index (χ1) is 5.83. The number of rotatable bonds is 1. The van der Waals surface area contributed by atoms with Crippen molar-refractivity contribution < 1.29 is 9.63 Å². The van der Waals surface area contributed by atoms with E-state index in [-0.39, 0.29) is 5.78 Å². The van der Waals surface area contributed by atoms with E-state index in [0.717, 1.165) is 5.69 Å². The Morgan fingerprint density at radius 2 is 2.17 bits per heavy atom. The second-order valence-corrected chi connectivity index (χ2v) is 2.44. The molecule has 0 aliphatic carbocycles. The van der Waals surface area contributed by atoms with E-state index in [4.69, 9.17) is 4.84 Å². The highest BCUT2D eigenvalue weighted by molar-refractivity contribution is 6.12. The van der Waals surface area contributed by atoms with E-state index in [2.05, 4.69) is 6.54 Å². The summed E-state index contributed by atoms with van der Waals surface area (Å²) in [5.74, 6) is -0.132. The first-order valence-electron chi connectivity index (χ1n) is 3.57. The summed E-state index contributed by atoms with van der Waals surface area (Å²) in [6.07, 6.45) is 0. The first-order valence-corrected chi connectivity index (χ1v) is 3.57. The number of Topliss-reactive ketones (excluding diaryl/α,β-unsaturated/α-hetero) is 1. The number of hydrogen-bond donors (Lipinski definition) is 0. The second-order valence-electron chi connectivity index (χ2n) is 2.44. The van der Waals surface area contributed by atoms with Crippen LogP contribution in [0.1, 0.15) is 10.4 Å². The Morgan fingerprint density at radius 1 is 1.42 bits per heavy atom. The number of fused-ring (bicyclic) bond motifs is 1. The molecule has 3 heteroatoms. The maximum atomic E-state index is 11.2. The Labute approximate surface area is 70.5 Å². The monoisotopic (exact) mass is 161 g/mol. The largest absolute Gasteiger partial charge is 0.291 e. The lowest BCUT2D eigenvalue weighted by Gasteiger charge is -2.12. The van der Waals surface area contributed by atoms with E-state index >= 15 is 0 Å². The fourth-order valence-corrected chi connectivity index (χ4v) is 1.20. The highest BCUT2D eigenvalue weighted by Crippen LogP contribution is 2.29. The highest BCUT2D eigenvalue weighted by atomic mass is 16.7. The standard InChI is InChI=1S/C9H7NO2/c1-12-10-6-9(11)7-4-2-3-5-8(7)10/h2-5H,1H3. The molecular weight excluding hydrogens is 154 g/mol. The molecule has 1 aliphatic heterocycles. The van der Waals surface area contributed by atoms with Crippen LogP contribution in [0.2, 0.25) is 0 Å². The van der Waals surface area contributed by atoms with Gasteiger partial charge in [0, 0.05) is 5.56 Å². The van der Waals surface area contributed by atoms with Crippen LogP contribution in [0, 0.1) is 6.54 Å². The maximum absolute atomic E-state index is 11.2. The third kappa shape index (κ3) is 0.905. The van der Waals surface area contributed by atoms with Crippen LogP contribution >= 0.6 is 0 Å². The summed E-state index contributed by atoms with van der Waals surface area (Å²) in [4.78, 5) is 16.1. The van der Waals surface area contributed by atoms with Crippen LogP contribution in [0.4, 0.5) is 5.69 Å². The molecule has 1 heterocycles. The van der Waals surface area contributed by atoms with Crippen LogP contribution in [0.3, 0.4) is 0 Å². The molecule has 3 nitrogen and oxygen atoms in total. The lowest BCUT2D eigenvalue weighted by molar-refractivity contribution is 0.101. The van der Waals surface area contributed by atoms with Crippen molar-refractivity contribution in [1.82, 2.24) is 0 Å². The topological polar surface area (TPSA) is 29.5 Å². The molecule has 1 aromatic carbocycles. The van der Waals surface area contributed by atoms with Crippen molar-refractivity contribution in [1.29, 1.82) is 0 Å². The van der Waals surface area contributed by atoms with Gasteiger partial charge in [-0.05, 0) is 12.1 Å². The summed E-state index contributed by atoms with van der Waals surface area (Å²) in [7, 11) is 1.50. The number of hydroxylamine groups is 1. The van der Waals surface area contributed by atoms with Gasteiger partial charge in [-0.1, -0.05) is 12.1 Å². The molecule has 2 radical (unpaired) electrons. The van der Waals surface area contributed by atoms with Crippen LogP contribution < -0.4 is 5.06 Å². The fourth-order valence-electron chi connectivity index (χ4n) is 1.20. The molecule has 1 aliphatic rings. The van der Waals surface area contributed by atoms with Crippen molar-refractivity contribution >= 4 is 11.5 Å². The van der Waals surface area contributed by atoms with Gasteiger partial charge in [-0.2, -0.15) is 0 Å². The number of carbonyl (C=O) groups is 1. The van der Waals surface area contributed by atoms with E-state index in [0.29, 0.717) is 5.56 Å². The summed E-state index contributed by atoms with van der Waals surface area (Å²) in [6, 6.07) is 7.24. The molecule has 2 rings (SSSR count). The van der Waals surface area contributed by atoms with Gasteiger partial charge in [-0.15, -0.1) is 0 Å². The van der Waals surface area contributed by atoms with Crippen LogP contribution in [0.15, 0.2) is 24.3 Å². The van der Waals surface area contributed by atoms with E-state index < -0.39 is 0 Å². The van der Waals surface area contributed by atoms with E-state index in [1.54, 1.807) is 6.07 Å². The quantitative estimate of drug-likeness (QED) is 0.621. The molecule has 0 saturated carbocycles. The summed E-state index contributed by atoms with van der Waals surface area (Å²) in [5, 5.41) is 1.34. The molecule has 12 heavy (non-hydrogen) atoms. The molecule has 60 valence electrons. The van der Waals surface area contributed by atoms with Gasteiger partial charge < -0.3 is 0 Å². The van der Waals surface area contributed by atoms with Crippen LogP contribution in [-0.4, -0.2) is 12.9 Å². The summed E-state index contributed by atoms with van der Waals surface area (Å²) >= 11 is 0. The van der Waals surface area contributed by atoms with E-state index in [1.165, 1.54) is 12.2 Å². The number of anilines is 1. The van der Waals surface area contributed by atoms with Gasteiger partial charge in [0.2, 0.25) is 6.54 Å². The second kappa shape index (κ2) is 2.60. The lowest BCUT2D eigenvalue weighted by Crippen LogP contribution is -2.14. The Bertz CT molecular complexity index is 322. The molecule has 0 spiro atoms. The van der Waals surface area contributed by atoms with Crippen molar-refractivity contribution in [2.75, 3.05) is 12.2 Å². The summed E-state index contributed by atoms with van der Waals surface area (Å²) < 4.78 is 0. The molecule has 0 amide bonds. The van der Waals surface area contributed by atoms with Crippen LogP contribution in [-0.2, 0) is 4.84 Å². The fraction of sp³-hybridized carbons (Fsp3) is 0.111. The zero-order valence-electron chi connectivity index (χ0n) is 6.57. The number of nitrogens with zero attached hydrogens (tertiary/aromatic N) is 1. The molecule has 0 saturated heterocycles. The zero-order valence-corrected chi connectivity index (χ0v) is 6.57. The first kappa shape index (κ1) is 7.31. The third-order valence-electron chi connectivity index (χ3n) is 1.75. The van der Waals surface area contributed by atoms with Crippen molar-refractivity contribution in [3.8, 4) is 0 Å². The smallest absolute Gasteiger partial charge is 0.202 e. The Hall–Kier alpha value is -1.35. The number of para-hydroxylation sites is 1. The number of ketones is 1.